The van der Waals surface area contributed by atoms with Gasteiger partial charge in [-0.2, -0.15) is 0 Å². The average molecular weight is 244 g/mol. The third-order valence-electron chi connectivity index (χ3n) is 2.34. The second-order valence-electron chi connectivity index (χ2n) is 3.62. The van der Waals surface area contributed by atoms with E-state index < -0.39 is 0 Å². The van der Waals surface area contributed by atoms with Crippen molar-refractivity contribution >= 4 is 11.6 Å². The summed E-state index contributed by atoms with van der Waals surface area (Å²) in [5.41, 5.74) is 0.833. The molecule has 0 fully saturated rings. The maximum atomic E-state index is 9.65. The maximum absolute atomic E-state index is 9.65. The largest absolute Gasteiger partial charge is 0.506 e. The summed E-state index contributed by atoms with van der Waals surface area (Å²) in [5.74, 6) is 0.175. The topological polar surface area (TPSA) is 41.5 Å². The maximum Gasteiger partial charge on any atom is 0.138 e. The molecule has 0 aliphatic carbocycles. The van der Waals surface area contributed by atoms with Crippen molar-refractivity contribution in [3.8, 4) is 5.75 Å². The first-order chi connectivity index (χ1) is 7.75. The van der Waals surface area contributed by atoms with E-state index in [1.165, 1.54) is 0 Å². The smallest absolute Gasteiger partial charge is 0.138 e. The molecule has 0 atom stereocenters. The van der Waals surface area contributed by atoms with Crippen molar-refractivity contribution < 1.29 is 9.84 Å². The van der Waals surface area contributed by atoms with Gasteiger partial charge in [0.1, 0.15) is 5.75 Å². The molecule has 90 valence electrons. The number of hydrogen-bond acceptors (Lipinski definition) is 3. The Bertz CT molecular complexity index is 318. The molecule has 0 spiro atoms. The lowest BCUT2D eigenvalue weighted by atomic mass is 10.2. The third-order valence-corrected chi connectivity index (χ3v) is 2.64. The molecule has 0 unspecified atom stereocenters. The van der Waals surface area contributed by atoms with Crippen LogP contribution in [0.4, 0.5) is 0 Å². The number of ether oxygens (including phenoxy) is 1. The Hall–Kier alpha value is -0.770. The van der Waals surface area contributed by atoms with Gasteiger partial charge in [0.15, 0.2) is 0 Å². The van der Waals surface area contributed by atoms with Crippen molar-refractivity contribution in [2.75, 3.05) is 20.3 Å². The summed E-state index contributed by atoms with van der Waals surface area (Å²) < 4.78 is 4.96. The van der Waals surface area contributed by atoms with Gasteiger partial charge in [0.2, 0.25) is 0 Å². The van der Waals surface area contributed by atoms with Crippen molar-refractivity contribution in [2.45, 2.75) is 19.4 Å². The van der Waals surface area contributed by atoms with Crippen LogP contribution in [0.25, 0.3) is 0 Å². The summed E-state index contributed by atoms with van der Waals surface area (Å²) >= 11 is 5.80. The Morgan fingerprint density at radius 2 is 2.19 bits per heavy atom. The number of halogens is 1. The second-order valence-corrected chi connectivity index (χ2v) is 4.03. The first kappa shape index (κ1) is 13.3. The molecular weight excluding hydrogens is 226 g/mol. The number of rotatable bonds is 7. The molecule has 0 aliphatic rings. The highest BCUT2D eigenvalue weighted by molar-refractivity contribution is 6.32. The molecule has 0 heterocycles. The molecule has 3 nitrogen and oxygen atoms in total. The van der Waals surface area contributed by atoms with Crippen LogP contribution in [0.3, 0.4) is 0 Å². The van der Waals surface area contributed by atoms with Crippen LogP contribution >= 0.6 is 11.6 Å². The normalized spacial score (nSPS) is 10.6. The minimum atomic E-state index is 0.175. The molecule has 0 saturated carbocycles. The zero-order chi connectivity index (χ0) is 11.8. The Labute approximate surface area is 101 Å². The van der Waals surface area contributed by atoms with E-state index in [-0.39, 0.29) is 5.75 Å². The van der Waals surface area contributed by atoms with Crippen LogP contribution in [0.1, 0.15) is 18.4 Å². The van der Waals surface area contributed by atoms with Crippen molar-refractivity contribution in [1.82, 2.24) is 5.32 Å². The van der Waals surface area contributed by atoms with Gasteiger partial charge < -0.3 is 15.2 Å². The molecule has 4 heteroatoms. The van der Waals surface area contributed by atoms with E-state index in [9.17, 15) is 5.11 Å². The Kier molecular flexibility index (Phi) is 6.23. The van der Waals surface area contributed by atoms with Crippen molar-refractivity contribution in [2.24, 2.45) is 0 Å². The SMILES string of the molecule is COCCCCNCc1cccc(Cl)c1O. The first-order valence-corrected chi connectivity index (χ1v) is 5.79. The van der Waals surface area contributed by atoms with E-state index in [0.717, 1.165) is 31.6 Å². The molecule has 0 aliphatic heterocycles. The molecule has 16 heavy (non-hydrogen) atoms. The first-order valence-electron chi connectivity index (χ1n) is 5.41. The van der Waals surface area contributed by atoms with Gasteiger partial charge in [0.25, 0.3) is 0 Å². The number of nitrogens with one attached hydrogen (secondary N) is 1. The number of aromatic hydroxyl groups is 1. The Morgan fingerprint density at radius 3 is 2.94 bits per heavy atom. The zero-order valence-electron chi connectivity index (χ0n) is 9.50. The van der Waals surface area contributed by atoms with Crippen LogP contribution in [0.2, 0.25) is 5.02 Å². The minimum absolute atomic E-state index is 0.175. The molecule has 0 amide bonds. The van der Waals surface area contributed by atoms with Gasteiger partial charge in [-0.15, -0.1) is 0 Å². The summed E-state index contributed by atoms with van der Waals surface area (Å²) in [7, 11) is 1.71. The summed E-state index contributed by atoms with van der Waals surface area (Å²) in [4.78, 5) is 0. The standard InChI is InChI=1S/C12H18ClNO2/c1-16-8-3-2-7-14-9-10-5-4-6-11(13)12(10)15/h4-6,14-15H,2-3,7-9H2,1H3. The zero-order valence-corrected chi connectivity index (χ0v) is 10.3. The number of unbranched alkanes of at least 4 members (excludes halogenated alkanes) is 1. The van der Waals surface area contributed by atoms with E-state index in [0.29, 0.717) is 11.6 Å². The summed E-state index contributed by atoms with van der Waals surface area (Å²) in [5, 5.41) is 13.3. The lowest BCUT2D eigenvalue weighted by molar-refractivity contribution is 0.192. The summed E-state index contributed by atoms with van der Waals surface area (Å²) in [6.07, 6.45) is 2.11. The molecule has 2 N–H and O–H groups in total. The molecule has 1 rings (SSSR count). The fraction of sp³-hybridized carbons (Fsp3) is 0.500. The Morgan fingerprint density at radius 1 is 1.38 bits per heavy atom. The van der Waals surface area contributed by atoms with Crippen LogP contribution in [0.15, 0.2) is 18.2 Å². The number of hydrogen-bond donors (Lipinski definition) is 2. The molecule has 1 aromatic rings. The van der Waals surface area contributed by atoms with E-state index in [4.69, 9.17) is 16.3 Å². The number of phenols is 1. The van der Waals surface area contributed by atoms with Gasteiger partial charge in [-0.25, -0.2) is 0 Å². The highest BCUT2D eigenvalue weighted by Gasteiger charge is 2.03. The summed E-state index contributed by atoms with van der Waals surface area (Å²) in [6, 6.07) is 5.38. The third kappa shape index (κ3) is 4.39. The molecule has 0 radical (unpaired) electrons. The molecule has 1 aromatic carbocycles. The number of benzene rings is 1. The van der Waals surface area contributed by atoms with E-state index >= 15 is 0 Å². The van der Waals surface area contributed by atoms with Crippen molar-refractivity contribution in [3.05, 3.63) is 28.8 Å². The predicted octanol–water partition coefficient (Wildman–Crippen LogP) is 2.56. The van der Waals surface area contributed by atoms with Gasteiger partial charge in [-0.05, 0) is 25.5 Å². The highest BCUT2D eigenvalue weighted by atomic mass is 35.5. The molecule has 0 bridgehead atoms. The fourth-order valence-corrected chi connectivity index (χ4v) is 1.62. The van der Waals surface area contributed by atoms with Gasteiger partial charge >= 0.3 is 0 Å². The predicted molar refractivity (Wildman–Crippen MR) is 65.9 cm³/mol. The van der Waals surface area contributed by atoms with E-state index in [2.05, 4.69) is 5.32 Å². The highest BCUT2D eigenvalue weighted by Crippen LogP contribution is 2.26. The molecule has 0 aromatic heterocycles. The van der Waals surface area contributed by atoms with E-state index in [1.807, 2.05) is 12.1 Å². The Balaban J connectivity index is 2.24. The van der Waals surface area contributed by atoms with Gasteiger partial charge in [-0.1, -0.05) is 23.7 Å². The quantitative estimate of drug-likeness (QED) is 0.724. The van der Waals surface area contributed by atoms with Crippen LogP contribution in [-0.2, 0) is 11.3 Å². The van der Waals surface area contributed by atoms with Crippen LogP contribution in [0.5, 0.6) is 5.75 Å². The van der Waals surface area contributed by atoms with Crippen LogP contribution in [0, 0.1) is 0 Å². The fourth-order valence-electron chi connectivity index (χ4n) is 1.42. The lowest BCUT2D eigenvalue weighted by Crippen LogP contribution is -2.15. The monoisotopic (exact) mass is 243 g/mol. The van der Waals surface area contributed by atoms with Crippen molar-refractivity contribution in [1.29, 1.82) is 0 Å². The number of phenolic OH excluding ortho intramolecular Hbond substituents is 1. The average Bonchev–Trinajstić information content (AvgIpc) is 2.29. The van der Waals surface area contributed by atoms with Crippen molar-refractivity contribution in [3.63, 3.8) is 0 Å². The van der Waals surface area contributed by atoms with Crippen LogP contribution < -0.4 is 5.32 Å². The van der Waals surface area contributed by atoms with Gasteiger partial charge in [0, 0.05) is 25.8 Å². The number of para-hydroxylation sites is 1. The van der Waals surface area contributed by atoms with E-state index in [1.54, 1.807) is 13.2 Å². The number of methoxy groups -OCH3 is 1. The minimum Gasteiger partial charge on any atom is -0.506 e. The second kappa shape index (κ2) is 7.49. The van der Waals surface area contributed by atoms with Gasteiger partial charge in [0.05, 0.1) is 5.02 Å². The molecular formula is C12H18ClNO2. The summed E-state index contributed by atoms with van der Waals surface area (Å²) in [6.45, 7) is 2.35. The lowest BCUT2D eigenvalue weighted by Gasteiger charge is -2.07. The van der Waals surface area contributed by atoms with Gasteiger partial charge in [-0.3, -0.25) is 0 Å². The van der Waals surface area contributed by atoms with Crippen LogP contribution in [-0.4, -0.2) is 25.4 Å². The molecule has 0 saturated heterocycles.